The number of carboxylic acids is 1. The van der Waals surface area contributed by atoms with E-state index in [1.807, 2.05) is 30.3 Å². The molecule has 76 valence electrons. The summed E-state index contributed by atoms with van der Waals surface area (Å²) < 4.78 is 4.90. The lowest BCUT2D eigenvalue weighted by atomic mass is 10.1. The zero-order chi connectivity index (χ0) is 10.7. The highest BCUT2D eigenvalue weighted by molar-refractivity contribution is 5.70. The van der Waals surface area contributed by atoms with Crippen LogP contribution in [-0.2, 0) is 11.2 Å². The summed E-state index contributed by atoms with van der Waals surface area (Å²) >= 11 is 0. The third-order valence-electron chi connectivity index (χ3n) is 1.95. The highest BCUT2D eigenvalue weighted by Gasteiger charge is 2.08. The summed E-state index contributed by atoms with van der Waals surface area (Å²) in [4.78, 5) is 10.4. The Morgan fingerprint density at radius 3 is 2.73 bits per heavy atom. The molecule has 1 N–H and O–H groups in total. The Hall–Kier alpha value is -2.10. The van der Waals surface area contributed by atoms with Crippen LogP contribution >= 0.6 is 0 Å². The van der Waals surface area contributed by atoms with Crippen molar-refractivity contribution < 1.29 is 14.4 Å². The third kappa shape index (κ3) is 2.22. The fourth-order valence-corrected chi connectivity index (χ4v) is 1.29. The first-order valence-electron chi connectivity index (χ1n) is 4.48. The molecule has 0 aliphatic rings. The van der Waals surface area contributed by atoms with Crippen molar-refractivity contribution in [3.63, 3.8) is 0 Å². The van der Waals surface area contributed by atoms with Crippen LogP contribution in [0.4, 0.5) is 0 Å². The van der Waals surface area contributed by atoms with Gasteiger partial charge in [0.1, 0.15) is 17.9 Å². The number of benzene rings is 1. The van der Waals surface area contributed by atoms with Crippen molar-refractivity contribution in [3.8, 4) is 11.3 Å². The van der Waals surface area contributed by atoms with Crippen LogP contribution in [0.2, 0.25) is 0 Å². The summed E-state index contributed by atoms with van der Waals surface area (Å²) in [5.41, 5.74) is 1.57. The molecule has 15 heavy (non-hydrogen) atoms. The Bertz CT molecular complexity index is 462. The summed E-state index contributed by atoms with van der Waals surface area (Å²) in [6.45, 7) is 0. The monoisotopic (exact) mass is 203 g/mol. The Labute approximate surface area is 86.1 Å². The van der Waals surface area contributed by atoms with Crippen LogP contribution in [0.5, 0.6) is 0 Å². The summed E-state index contributed by atoms with van der Waals surface area (Å²) in [6, 6.07) is 11.1. The van der Waals surface area contributed by atoms with Crippen molar-refractivity contribution in [3.05, 3.63) is 42.2 Å². The summed E-state index contributed by atoms with van der Waals surface area (Å²) in [7, 11) is 0. The molecule has 0 spiro atoms. The first kappa shape index (κ1) is 9.45. The molecule has 0 radical (unpaired) electrons. The number of aromatic nitrogens is 1. The van der Waals surface area contributed by atoms with Crippen molar-refractivity contribution in [2.45, 2.75) is 6.42 Å². The molecule has 1 aromatic carbocycles. The lowest BCUT2D eigenvalue weighted by Crippen LogP contribution is -1.97. The van der Waals surface area contributed by atoms with Gasteiger partial charge in [-0.3, -0.25) is 4.79 Å². The van der Waals surface area contributed by atoms with Crippen molar-refractivity contribution in [1.82, 2.24) is 5.16 Å². The van der Waals surface area contributed by atoms with E-state index in [2.05, 4.69) is 5.16 Å². The molecule has 2 aromatic rings. The molecule has 0 amide bonds. The van der Waals surface area contributed by atoms with Gasteiger partial charge >= 0.3 is 5.97 Å². The quantitative estimate of drug-likeness (QED) is 0.828. The summed E-state index contributed by atoms with van der Waals surface area (Å²) in [5, 5.41) is 12.4. The van der Waals surface area contributed by atoms with Gasteiger partial charge in [-0.2, -0.15) is 0 Å². The van der Waals surface area contributed by atoms with Crippen LogP contribution in [-0.4, -0.2) is 16.2 Å². The van der Waals surface area contributed by atoms with E-state index in [9.17, 15) is 4.79 Å². The zero-order valence-electron chi connectivity index (χ0n) is 7.88. The summed E-state index contributed by atoms with van der Waals surface area (Å²) in [5.74, 6) is -0.563. The topological polar surface area (TPSA) is 63.3 Å². The number of nitrogens with zero attached hydrogens (tertiary/aromatic N) is 1. The fourth-order valence-electron chi connectivity index (χ4n) is 1.29. The largest absolute Gasteiger partial charge is 0.481 e. The maximum atomic E-state index is 10.4. The molecule has 0 bridgehead atoms. The van der Waals surface area contributed by atoms with E-state index < -0.39 is 5.97 Å². The molecule has 0 saturated carbocycles. The number of carbonyl (C=O) groups is 1. The number of carboxylic acid groups (broad SMARTS) is 1. The molecule has 4 heteroatoms. The van der Waals surface area contributed by atoms with E-state index in [1.54, 1.807) is 6.07 Å². The molecule has 1 aromatic heterocycles. The average molecular weight is 203 g/mol. The number of hydrogen-bond donors (Lipinski definition) is 1. The minimum atomic E-state index is -0.925. The second-order valence-electron chi connectivity index (χ2n) is 3.12. The Balaban J connectivity index is 2.24. The van der Waals surface area contributed by atoms with Crippen molar-refractivity contribution in [2.24, 2.45) is 0 Å². The highest BCUT2D eigenvalue weighted by Crippen LogP contribution is 2.18. The van der Waals surface area contributed by atoms with Crippen LogP contribution in [0.3, 0.4) is 0 Å². The van der Waals surface area contributed by atoms with Gasteiger partial charge in [-0.25, -0.2) is 0 Å². The first-order chi connectivity index (χ1) is 7.25. The van der Waals surface area contributed by atoms with Gasteiger partial charge < -0.3 is 9.63 Å². The number of rotatable bonds is 3. The Morgan fingerprint density at radius 2 is 2.07 bits per heavy atom. The van der Waals surface area contributed by atoms with E-state index in [1.165, 1.54) is 0 Å². The molecule has 0 unspecified atom stereocenters. The fraction of sp³-hybridized carbons (Fsp3) is 0.0909. The predicted octanol–water partition coefficient (Wildman–Crippen LogP) is 1.97. The van der Waals surface area contributed by atoms with Gasteiger partial charge in [0.2, 0.25) is 0 Å². The standard InChI is InChI=1S/C11H9NO3/c13-11(14)7-9-6-10(12-15-9)8-4-2-1-3-5-8/h1-6H,7H2,(H,13,14). The van der Waals surface area contributed by atoms with E-state index in [-0.39, 0.29) is 6.42 Å². The molecule has 0 fully saturated rings. The molecule has 0 aliphatic carbocycles. The Kier molecular flexibility index (Phi) is 2.49. The second-order valence-corrected chi connectivity index (χ2v) is 3.12. The van der Waals surface area contributed by atoms with Crippen LogP contribution in [0.1, 0.15) is 5.76 Å². The van der Waals surface area contributed by atoms with Gasteiger partial charge in [-0.05, 0) is 0 Å². The predicted molar refractivity (Wildman–Crippen MR) is 53.3 cm³/mol. The van der Waals surface area contributed by atoms with Gasteiger partial charge in [0.15, 0.2) is 0 Å². The zero-order valence-corrected chi connectivity index (χ0v) is 7.88. The van der Waals surface area contributed by atoms with Crippen molar-refractivity contribution >= 4 is 5.97 Å². The maximum Gasteiger partial charge on any atom is 0.311 e. The molecule has 0 aliphatic heterocycles. The maximum absolute atomic E-state index is 10.4. The van der Waals surface area contributed by atoms with E-state index in [0.29, 0.717) is 11.5 Å². The number of aliphatic carboxylic acids is 1. The van der Waals surface area contributed by atoms with Gasteiger partial charge in [0.05, 0.1) is 0 Å². The van der Waals surface area contributed by atoms with E-state index in [0.717, 1.165) is 5.56 Å². The average Bonchev–Trinajstić information content (AvgIpc) is 2.67. The van der Waals surface area contributed by atoms with Crippen LogP contribution < -0.4 is 0 Å². The normalized spacial score (nSPS) is 10.1. The minimum absolute atomic E-state index is 0.139. The van der Waals surface area contributed by atoms with Crippen molar-refractivity contribution in [1.29, 1.82) is 0 Å². The van der Waals surface area contributed by atoms with Crippen LogP contribution in [0.25, 0.3) is 11.3 Å². The van der Waals surface area contributed by atoms with Gasteiger partial charge in [0, 0.05) is 11.6 Å². The molecular formula is C11H9NO3. The summed E-state index contributed by atoms with van der Waals surface area (Å²) in [6.07, 6.45) is -0.139. The molecule has 4 nitrogen and oxygen atoms in total. The van der Waals surface area contributed by atoms with Gasteiger partial charge in [0.25, 0.3) is 0 Å². The third-order valence-corrected chi connectivity index (χ3v) is 1.95. The SMILES string of the molecule is O=C(O)Cc1cc(-c2ccccc2)no1. The smallest absolute Gasteiger partial charge is 0.311 e. The first-order valence-corrected chi connectivity index (χ1v) is 4.48. The van der Waals surface area contributed by atoms with Crippen LogP contribution in [0.15, 0.2) is 40.9 Å². The highest BCUT2D eigenvalue weighted by atomic mass is 16.5. The lowest BCUT2D eigenvalue weighted by Gasteiger charge is -1.91. The van der Waals surface area contributed by atoms with Gasteiger partial charge in [-0.1, -0.05) is 35.5 Å². The molecule has 0 atom stereocenters. The molecule has 1 heterocycles. The lowest BCUT2D eigenvalue weighted by molar-refractivity contribution is -0.136. The Morgan fingerprint density at radius 1 is 1.33 bits per heavy atom. The van der Waals surface area contributed by atoms with Gasteiger partial charge in [-0.15, -0.1) is 0 Å². The van der Waals surface area contributed by atoms with Crippen LogP contribution in [0, 0.1) is 0 Å². The second kappa shape index (κ2) is 3.96. The molecule has 2 rings (SSSR count). The van der Waals surface area contributed by atoms with E-state index >= 15 is 0 Å². The molecule has 0 saturated heterocycles. The minimum Gasteiger partial charge on any atom is -0.481 e. The van der Waals surface area contributed by atoms with Crippen molar-refractivity contribution in [2.75, 3.05) is 0 Å². The number of hydrogen-bond acceptors (Lipinski definition) is 3. The van der Waals surface area contributed by atoms with E-state index in [4.69, 9.17) is 9.63 Å². The molecular weight excluding hydrogens is 194 g/mol.